The Morgan fingerprint density at radius 3 is 2.50 bits per heavy atom. The average molecular weight is 476 g/mol. The van der Waals surface area contributed by atoms with Crippen molar-refractivity contribution in [1.82, 2.24) is 14.3 Å². The maximum absolute atomic E-state index is 13.1. The van der Waals surface area contributed by atoms with E-state index in [1.165, 1.54) is 34.1 Å². The molecule has 0 aliphatic carbocycles. The summed E-state index contributed by atoms with van der Waals surface area (Å²) in [6.45, 7) is 7.55. The maximum atomic E-state index is 13.1. The molecule has 0 amide bonds. The molecule has 0 spiro atoms. The van der Waals surface area contributed by atoms with Crippen molar-refractivity contribution in [2.24, 2.45) is 5.92 Å². The molecule has 4 rings (SSSR count). The van der Waals surface area contributed by atoms with Gasteiger partial charge in [-0.1, -0.05) is 26.0 Å². The van der Waals surface area contributed by atoms with Gasteiger partial charge in [-0.2, -0.15) is 4.31 Å². The van der Waals surface area contributed by atoms with Crippen LogP contribution in [0.2, 0.25) is 0 Å². The van der Waals surface area contributed by atoms with Crippen molar-refractivity contribution in [3.8, 4) is 0 Å². The molecule has 1 fully saturated rings. The zero-order chi connectivity index (χ0) is 23.0. The highest BCUT2D eigenvalue weighted by atomic mass is 32.2. The minimum absolute atomic E-state index is 0.225. The second kappa shape index (κ2) is 8.72. The predicted octanol–water partition coefficient (Wildman–Crippen LogP) is 3.62. The Labute approximate surface area is 190 Å². The summed E-state index contributed by atoms with van der Waals surface area (Å²) in [5.74, 6) is 2.01. The number of sulfonamides is 1. The molecule has 0 atom stereocenters. The van der Waals surface area contributed by atoms with Crippen LogP contribution in [0.4, 0.5) is 11.5 Å². The number of fused-ring (bicyclic) bond motifs is 1. The molecule has 0 bridgehead atoms. The van der Waals surface area contributed by atoms with E-state index < -0.39 is 20.6 Å². The Bertz CT molecular complexity index is 1260. The van der Waals surface area contributed by atoms with Crippen LogP contribution in [0.3, 0.4) is 0 Å². The highest BCUT2D eigenvalue weighted by molar-refractivity contribution is 7.89. The van der Waals surface area contributed by atoms with Crippen molar-refractivity contribution < 1.29 is 13.3 Å². The number of anilines is 1. The van der Waals surface area contributed by atoms with Crippen molar-refractivity contribution >= 4 is 43.1 Å². The first-order valence-electron chi connectivity index (χ1n) is 10.4. The summed E-state index contributed by atoms with van der Waals surface area (Å²) in [7, 11) is -3.97. The number of rotatable bonds is 6. The summed E-state index contributed by atoms with van der Waals surface area (Å²) in [5.41, 5.74) is 0.810. The van der Waals surface area contributed by atoms with E-state index in [9.17, 15) is 18.5 Å². The molecule has 3 heterocycles. The molecule has 9 nitrogen and oxygen atoms in total. The Balaban J connectivity index is 1.62. The molecule has 2 aromatic heterocycles. The van der Waals surface area contributed by atoms with Gasteiger partial charge in [-0.15, -0.1) is 11.3 Å². The minimum Gasteiger partial charge on any atom is -0.353 e. The topological polar surface area (TPSA) is 110 Å². The van der Waals surface area contributed by atoms with Crippen LogP contribution < -0.4 is 4.90 Å². The van der Waals surface area contributed by atoms with Gasteiger partial charge < -0.3 is 4.90 Å². The van der Waals surface area contributed by atoms with Crippen LogP contribution in [0.5, 0.6) is 0 Å². The van der Waals surface area contributed by atoms with Gasteiger partial charge in [0.2, 0.25) is 10.0 Å². The number of nitro groups is 1. The van der Waals surface area contributed by atoms with Gasteiger partial charge in [0.25, 0.3) is 5.69 Å². The Hall–Kier alpha value is -2.63. The summed E-state index contributed by atoms with van der Waals surface area (Å²) in [5, 5.41) is 14.5. The number of nitrogens with zero attached hydrogens (tertiary/aromatic N) is 5. The van der Waals surface area contributed by atoms with Crippen LogP contribution in [0.15, 0.2) is 34.5 Å². The van der Waals surface area contributed by atoms with Gasteiger partial charge in [0.15, 0.2) is 4.90 Å². The lowest BCUT2D eigenvalue weighted by Gasteiger charge is -2.35. The molecular formula is C21H25N5O4S2. The first-order chi connectivity index (χ1) is 15.2. The number of benzene rings is 1. The zero-order valence-corrected chi connectivity index (χ0v) is 19.8. The average Bonchev–Trinajstić information content (AvgIpc) is 3.15. The van der Waals surface area contributed by atoms with E-state index in [1.807, 2.05) is 6.92 Å². The number of aryl methyl sites for hydroxylation is 1. The lowest BCUT2D eigenvalue weighted by Crippen LogP contribution is -2.49. The third-order valence-corrected chi connectivity index (χ3v) is 8.32. The van der Waals surface area contributed by atoms with Gasteiger partial charge in [-0.3, -0.25) is 10.1 Å². The Morgan fingerprint density at radius 2 is 1.84 bits per heavy atom. The molecule has 0 radical (unpaired) electrons. The summed E-state index contributed by atoms with van der Waals surface area (Å²) in [6.07, 6.45) is 0.922. The largest absolute Gasteiger partial charge is 0.353 e. The number of aromatic nitrogens is 2. The summed E-state index contributed by atoms with van der Waals surface area (Å²) in [6, 6.07) is 5.48. The molecule has 0 N–H and O–H groups in total. The molecule has 1 aliphatic rings. The van der Waals surface area contributed by atoms with Crippen molar-refractivity contribution in [1.29, 1.82) is 0 Å². The first-order valence-corrected chi connectivity index (χ1v) is 12.7. The van der Waals surface area contributed by atoms with Crippen molar-refractivity contribution in [3.63, 3.8) is 0 Å². The molecular weight excluding hydrogens is 450 g/mol. The standard InChI is InChI=1S/C21H25N5O4S2/c1-14(2)12-16-13-31-21-19(16)20(22-15(3)23-21)24-8-10-25(11-9-24)32(29,30)18-7-5-4-6-17(18)26(27)28/h4-7,13-14H,8-12H2,1-3H3. The minimum atomic E-state index is -3.97. The summed E-state index contributed by atoms with van der Waals surface area (Å²) >= 11 is 1.61. The lowest BCUT2D eigenvalue weighted by atomic mass is 10.0. The number of piperazine rings is 1. The van der Waals surface area contributed by atoms with E-state index in [-0.39, 0.29) is 18.0 Å². The number of hydrogen-bond donors (Lipinski definition) is 0. The van der Waals surface area contributed by atoms with Gasteiger partial charge in [-0.05, 0) is 36.3 Å². The van der Waals surface area contributed by atoms with Gasteiger partial charge in [0.1, 0.15) is 16.5 Å². The molecule has 0 unspecified atom stereocenters. The van der Waals surface area contributed by atoms with Crippen LogP contribution in [-0.2, 0) is 16.4 Å². The molecule has 170 valence electrons. The molecule has 3 aromatic rings. The first kappa shape index (κ1) is 22.6. The van der Waals surface area contributed by atoms with Crippen LogP contribution in [0.25, 0.3) is 10.2 Å². The molecule has 32 heavy (non-hydrogen) atoms. The second-order valence-corrected chi connectivity index (χ2v) is 11.0. The second-order valence-electron chi connectivity index (χ2n) is 8.25. The van der Waals surface area contributed by atoms with E-state index in [0.29, 0.717) is 24.8 Å². The van der Waals surface area contributed by atoms with Crippen LogP contribution in [-0.4, -0.2) is 53.8 Å². The SMILES string of the molecule is Cc1nc(N2CCN(S(=O)(=O)c3ccccc3[N+](=O)[O-])CC2)c2c(CC(C)C)csc2n1. The molecule has 1 aromatic carbocycles. The summed E-state index contributed by atoms with van der Waals surface area (Å²) in [4.78, 5) is 22.7. The third kappa shape index (κ3) is 4.19. The molecule has 11 heteroatoms. The van der Waals surface area contributed by atoms with Crippen molar-refractivity contribution in [2.75, 3.05) is 31.1 Å². The number of hydrogen-bond acceptors (Lipinski definition) is 8. The Morgan fingerprint density at radius 1 is 1.16 bits per heavy atom. The van der Waals surface area contributed by atoms with Gasteiger partial charge in [-0.25, -0.2) is 18.4 Å². The normalized spacial score (nSPS) is 15.6. The van der Waals surface area contributed by atoms with E-state index >= 15 is 0 Å². The fourth-order valence-corrected chi connectivity index (χ4v) is 6.58. The van der Waals surface area contributed by atoms with Gasteiger partial charge >= 0.3 is 0 Å². The summed E-state index contributed by atoms with van der Waals surface area (Å²) < 4.78 is 27.6. The quantitative estimate of drug-likeness (QED) is 0.396. The molecule has 0 saturated carbocycles. The Kier molecular flexibility index (Phi) is 6.15. The van der Waals surface area contributed by atoms with Gasteiger partial charge in [0.05, 0.1) is 10.3 Å². The highest BCUT2D eigenvalue weighted by Gasteiger charge is 2.34. The van der Waals surface area contributed by atoms with Crippen LogP contribution in [0.1, 0.15) is 25.2 Å². The van der Waals surface area contributed by atoms with E-state index in [4.69, 9.17) is 4.98 Å². The van der Waals surface area contributed by atoms with Crippen molar-refractivity contribution in [2.45, 2.75) is 32.1 Å². The highest BCUT2D eigenvalue weighted by Crippen LogP contribution is 2.34. The van der Waals surface area contributed by atoms with Crippen LogP contribution in [0, 0.1) is 23.0 Å². The monoisotopic (exact) mass is 475 g/mol. The van der Waals surface area contributed by atoms with Gasteiger partial charge in [0, 0.05) is 32.2 Å². The lowest BCUT2D eigenvalue weighted by molar-refractivity contribution is -0.387. The maximum Gasteiger partial charge on any atom is 0.289 e. The zero-order valence-electron chi connectivity index (χ0n) is 18.2. The fourth-order valence-electron chi connectivity index (χ4n) is 4.01. The van der Waals surface area contributed by atoms with E-state index in [0.717, 1.165) is 22.5 Å². The molecule has 1 saturated heterocycles. The fraction of sp³-hybridized carbons (Fsp3) is 0.429. The molecule has 1 aliphatic heterocycles. The third-order valence-electron chi connectivity index (χ3n) is 5.45. The van der Waals surface area contributed by atoms with Crippen molar-refractivity contribution in [3.05, 3.63) is 51.1 Å². The number of para-hydroxylation sites is 1. The number of nitro benzene ring substituents is 1. The predicted molar refractivity (Wildman–Crippen MR) is 125 cm³/mol. The van der Waals surface area contributed by atoms with E-state index in [2.05, 4.69) is 29.1 Å². The smallest absolute Gasteiger partial charge is 0.289 e. The van der Waals surface area contributed by atoms with Crippen LogP contribution >= 0.6 is 11.3 Å². The number of thiophene rings is 1. The van der Waals surface area contributed by atoms with E-state index in [1.54, 1.807) is 11.3 Å².